The first-order valence-electron chi connectivity index (χ1n) is 7.10. The molecule has 1 N–H and O–H groups in total. The molecule has 1 unspecified atom stereocenters. The molecule has 0 aliphatic carbocycles. The van der Waals surface area contributed by atoms with Gasteiger partial charge in [-0.2, -0.15) is 0 Å². The summed E-state index contributed by atoms with van der Waals surface area (Å²) in [5.74, 6) is 0. The standard InChI is InChI=1S/C17H21ClN2/c1-3-10-19-17(14-8-4-5-9-15(14)18)12-16-13(2)7-6-11-20-16/h4-9,11,17,19H,3,10,12H2,1-2H3. The van der Waals surface area contributed by atoms with Crippen molar-refractivity contribution in [3.63, 3.8) is 0 Å². The summed E-state index contributed by atoms with van der Waals surface area (Å²) >= 11 is 6.34. The monoisotopic (exact) mass is 288 g/mol. The van der Waals surface area contributed by atoms with Crippen molar-refractivity contribution in [3.8, 4) is 0 Å². The number of hydrogen-bond acceptors (Lipinski definition) is 2. The van der Waals surface area contributed by atoms with Crippen molar-refractivity contribution in [3.05, 3.63) is 64.4 Å². The van der Waals surface area contributed by atoms with Gasteiger partial charge in [-0.1, -0.05) is 42.8 Å². The van der Waals surface area contributed by atoms with E-state index in [2.05, 4.69) is 36.3 Å². The quantitative estimate of drug-likeness (QED) is 0.856. The fraction of sp³-hybridized carbons (Fsp3) is 0.353. The van der Waals surface area contributed by atoms with Gasteiger partial charge in [-0.15, -0.1) is 0 Å². The van der Waals surface area contributed by atoms with E-state index in [1.54, 1.807) is 0 Å². The second kappa shape index (κ2) is 7.41. The van der Waals surface area contributed by atoms with E-state index in [0.717, 1.165) is 35.7 Å². The summed E-state index contributed by atoms with van der Waals surface area (Å²) in [6.45, 7) is 5.25. The lowest BCUT2D eigenvalue weighted by atomic mass is 9.99. The Bertz CT molecular complexity index is 554. The van der Waals surface area contributed by atoms with Crippen molar-refractivity contribution < 1.29 is 0 Å². The number of nitrogens with one attached hydrogen (secondary N) is 1. The van der Waals surface area contributed by atoms with Crippen molar-refractivity contribution in [1.29, 1.82) is 0 Å². The molecular formula is C17H21ClN2. The number of benzene rings is 1. The molecule has 106 valence electrons. The minimum absolute atomic E-state index is 0.206. The van der Waals surface area contributed by atoms with Gasteiger partial charge in [0.05, 0.1) is 0 Å². The number of rotatable bonds is 6. The Morgan fingerprint density at radius 2 is 2.00 bits per heavy atom. The Morgan fingerprint density at radius 3 is 2.70 bits per heavy atom. The average molecular weight is 289 g/mol. The first-order valence-corrected chi connectivity index (χ1v) is 7.48. The average Bonchev–Trinajstić information content (AvgIpc) is 2.46. The predicted molar refractivity (Wildman–Crippen MR) is 85.2 cm³/mol. The topological polar surface area (TPSA) is 24.9 Å². The number of aromatic nitrogens is 1. The Balaban J connectivity index is 2.24. The molecule has 2 nitrogen and oxygen atoms in total. The van der Waals surface area contributed by atoms with Crippen LogP contribution in [0.3, 0.4) is 0 Å². The first kappa shape index (κ1) is 15.0. The van der Waals surface area contributed by atoms with Crippen molar-refractivity contribution >= 4 is 11.6 Å². The molecule has 0 bridgehead atoms. The van der Waals surface area contributed by atoms with E-state index in [9.17, 15) is 0 Å². The molecule has 0 aliphatic heterocycles. The second-order valence-corrected chi connectivity index (χ2v) is 5.41. The number of halogens is 1. The second-order valence-electron chi connectivity index (χ2n) is 5.00. The Kier molecular flexibility index (Phi) is 5.57. The van der Waals surface area contributed by atoms with Crippen LogP contribution in [-0.2, 0) is 6.42 Å². The van der Waals surface area contributed by atoms with Gasteiger partial charge in [-0.25, -0.2) is 0 Å². The van der Waals surface area contributed by atoms with E-state index in [0.29, 0.717) is 0 Å². The maximum atomic E-state index is 6.34. The van der Waals surface area contributed by atoms with Crippen LogP contribution in [0.1, 0.15) is 36.2 Å². The highest BCUT2D eigenvalue weighted by atomic mass is 35.5. The normalized spacial score (nSPS) is 12.3. The van der Waals surface area contributed by atoms with Crippen molar-refractivity contribution in [2.75, 3.05) is 6.54 Å². The zero-order valence-corrected chi connectivity index (χ0v) is 12.8. The largest absolute Gasteiger partial charge is 0.310 e. The summed E-state index contributed by atoms with van der Waals surface area (Å²) in [4.78, 5) is 4.50. The van der Waals surface area contributed by atoms with E-state index >= 15 is 0 Å². The van der Waals surface area contributed by atoms with Gasteiger partial charge in [0.25, 0.3) is 0 Å². The molecule has 20 heavy (non-hydrogen) atoms. The van der Waals surface area contributed by atoms with Crippen molar-refractivity contribution in [2.45, 2.75) is 32.7 Å². The van der Waals surface area contributed by atoms with Crippen LogP contribution < -0.4 is 5.32 Å². The van der Waals surface area contributed by atoms with E-state index in [1.807, 2.05) is 30.5 Å². The van der Waals surface area contributed by atoms with Crippen LogP contribution in [0.5, 0.6) is 0 Å². The molecule has 0 amide bonds. The molecule has 1 aromatic heterocycles. The van der Waals surface area contributed by atoms with E-state index < -0.39 is 0 Å². The summed E-state index contributed by atoms with van der Waals surface area (Å²) in [5, 5.41) is 4.39. The number of aryl methyl sites for hydroxylation is 1. The van der Waals surface area contributed by atoms with Crippen LogP contribution in [0.4, 0.5) is 0 Å². The highest BCUT2D eigenvalue weighted by Crippen LogP contribution is 2.25. The third-order valence-electron chi connectivity index (χ3n) is 3.44. The minimum Gasteiger partial charge on any atom is -0.310 e. The maximum Gasteiger partial charge on any atom is 0.0453 e. The molecule has 1 aromatic carbocycles. The van der Waals surface area contributed by atoms with E-state index in [4.69, 9.17) is 11.6 Å². The molecule has 2 aromatic rings. The van der Waals surface area contributed by atoms with Crippen LogP contribution in [0.25, 0.3) is 0 Å². The summed E-state index contributed by atoms with van der Waals surface area (Å²) in [6, 6.07) is 12.3. The highest BCUT2D eigenvalue weighted by molar-refractivity contribution is 6.31. The summed E-state index contributed by atoms with van der Waals surface area (Å²) in [6.07, 6.45) is 3.81. The Morgan fingerprint density at radius 1 is 1.20 bits per heavy atom. The fourth-order valence-electron chi connectivity index (χ4n) is 2.29. The lowest BCUT2D eigenvalue weighted by molar-refractivity contribution is 0.523. The molecule has 0 fully saturated rings. The number of hydrogen-bond donors (Lipinski definition) is 1. The number of nitrogens with zero attached hydrogens (tertiary/aromatic N) is 1. The van der Waals surface area contributed by atoms with Gasteiger partial charge in [0.1, 0.15) is 0 Å². The lowest BCUT2D eigenvalue weighted by Crippen LogP contribution is -2.25. The molecule has 1 atom stereocenters. The molecule has 2 rings (SSSR count). The third-order valence-corrected chi connectivity index (χ3v) is 3.78. The van der Waals surface area contributed by atoms with Crippen LogP contribution in [0, 0.1) is 6.92 Å². The van der Waals surface area contributed by atoms with Crippen LogP contribution in [0.15, 0.2) is 42.6 Å². The molecule has 3 heteroatoms. The molecule has 1 heterocycles. The highest BCUT2D eigenvalue weighted by Gasteiger charge is 2.15. The SMILES string of the molecule is CCCNC(Cc1ncccc1C)c1ccccc1Cl. The summed E-state index contributed by atoms with van der Waals surface area (Å²) in [7, 11) is 0. The smallest absolute Gasteiger partial charge is 0.0453 e. The van der Waals surface area contributed by atoms with E-state index in [1.165, 1.54) is 5.56 Å². The van der Waals surface area contributed by atoms with Crippen LogP contribution in [-0.4, -0.2) is 11.5 Å². The molecular weight excluding hydrogens is 268 g/mol. The van der Waals surface area contributed by atoms with Crippen LogP contribution in [0.2, 0.25) is 5.02 Å². The Labute approximate surface area is 126 Å². The predicted octanol–water partition coefficient (Wildman–Crippen LogP) is 4.33. The zero-order valence-electron chi connectivity index (χ0n) is 12.1. The van der Waals surface area contributed by atoms with Gasteiger partial charge in [-0.3, -0.25) is 4.98 Å². The molecule has 0 saturated heterocycles. The van der Waals surface area contributed by atoms with Crippen molar-refractivity contribution in [1.82, 2.24) is 10.3 Å². The lowest BCUT2D eigenvalue weighted by Gasteiger charge is -2.20. The maximum absolute atomic E-state index is 6.34. The molecule has 0 radical (unpaired) electrons. The Hall–Kier alpha value is -1.38. The van der Waals surface area contributed by atoms with E-state index in [-0.39, 0.29) is 6.04 Å². The van der Waals surface area contributed by atoms with Gasteiger partial charge in [0.2, 0.25) is 0 Å². The minimum atomic E-state index is 0.206. The zero-order chi connectivity index (χ0) is 14.4. The van der Waals surface area contributed by atoms with Crippen LogP contribution >= 0.6 is 11.6 Å². The summed E-state index contributed by atoms with van der Waals surface area (Å²) in [5.41, 5.74) is 3.50. The van der Waals surface area contributed by atoms with Gasteiger partial charge in [-0.05, 0) is 43.1 Å². The van der Waals surface area contributed by atoms with Gasteiger partial charge in [0, 0.05) is 29.4 Å². The van der Waals surface area contributed by atoms with Crippen molar-refractivity contribution in [2.24, 2.45) is 0 Å². The third kappa shape index (κ3) is 3.81. The van der Waals surface area contributed by atoms with Gasteiger partial charge in [0.15, 0.2) is 0 Å². The summed E-state index contributed by atoms with van der Waals surface area (Å²) < 4.78 is 0. The molecule has 0 aliphatic rings. The van der Waals surface area contributed by atoms with Gasteiger partial charge < -0.3 is 5.32 Å². The first-order chi connectivity index (χ1) is 9.72. The van der Waals surface area contributed by atoms with Gasteiger partial charge >= 0.3 is 0 Å². The fourth-order valence-corrected chi connectivity index (χ4v) is 2.56. The number of pyridine rings is 1. The molecule has 0 spiro atoms. The molecule has 0 saturated carbocycles.